The second kappa shape index (κ2) is 4.23. The number of nitrogens with two attached hydrogens (primary N) is 2. The van der Waals surface area contributed by atoms with Gasteiger partial charge in [0.1, 0.15) is 0 Å². The van der Waals surface area contributed by atoms with Crippen LogP contribution >= 0.6 is 0 Å². The van der Waals surface area contributed by atoms with Gasteiger partial charge in [0.2, 0.25) is 5.91 Å². The number of imide groups is 1. The molecule has 0 aromatic heterocycles. The van der Waals surface area contributed by atoms with Gasteiger partial charge in [-0.25, -0.2) is 4.79 Å². The quantitative estimate of drug-likeness (QED) is 0.565. The molecule has 0 aromatic carbocycles. The molecule has 0 aliphatic heterocycles. The number of carbonyl (C=O) groups is 2. The molecule has 0 saturated carbocycles. The molecule has 13 heavy (non-hydrogen) atoms. The van der Waals surface area contributed by atoms with E-state index in [0.29, 0.717) is 0 Å². The maximum atomic E-state index is 11.0. The summed E-state index contributed by atoms with van der Waals surface area (Å²) in [5, 5.41) is 1.97. The highest BCUT2D eigenvalue weighted by atomic mass is 16.2. The summed E-state index contributed by atoms with van der Waals surface area (Å²) in [6.07, 6.45) is 0.104. The van der Waals surface area contributed by atoms with Gasteiger partial charge in [0, 0.05) is 12.5 Å². The van der Waals surface area contributed by atoms with Crippen LogP contribution in [0.4, 0.5) is 4.79 Å². The molecule has 0 bridgehead atoms. The lowest BCUT2D eigenvalue weighted by Crippen LogP contribution is -2.43. The van der Waals surface area contributed by atoms with E-state index in [0.717, 1.165) is 0 Å². The molecular weight excluding hydrogens is 170 g/mol. The molecule has 0 saturated heterocycles. The van der Waals surface area contributed by atoms with E-state index in [4.69, 9.17) is 11.5 Å². The second-order valence-electron chi connectivity index (χ2n) is 4.09. The Bertz CT molecular complexity index is 208. The molecule has 5 N–H and O–H groups in total. The molecular formula is C8H17N3O2. The first-order valence-electron chi connectivity index (χ1n) is 4.08. The molecule has 0 aliphatic rings. The molecule has 5 heteroatoms. The fourth-order valence-electron chi connectivity index (χ4n) is 0.694. The van der Waals surface area contributed by atoms with E-state index < -0.39 is 11.9 Å². The smallest absolute Gasteiger partial charge is 0.318 e. The molecule has 0 fully saturated rings. The normalized spacial score (nSPS) is 13.5. The lowest BCUT2D eigenvalue weighted by molar-refractivity contribution is -0.120. The summed E-state index contributed by atoms with van der Waals surface area (Å²) in [5.41, 5.74) is 10.3. The van der Waals surface area contributed by atoms with E-state index in [1.807, 2.05) is 26.1 Å². The van der Waals surface area contributed by atoms with Crippen molar-refractivity contribution in [2.75, 3.05) is 0 Å². The van der Waals surface area contributed by atoms with Crippen LogP contribution in [0.15, 0.2) is 0 Å². The van der Waals surface area contributed by atoms with E-state index >= 15 is 0 Å². The van der Waals surface area contributed by atoms with Gasteiger partial charge in [-0.3, -0.25) is 10.1 Å². The van der Waals surface area contributed by atoms with Crippen LogP contribution in [0, 0.1) is 5.41 Å². The van der Waals surface area contributed by atoms with Crippen LogP contribution in [0.1, 0.15) is 27.2 Å². The number of urea groups is 1. The van der Waals surface area contributed by atoms with Gasteiger partial charge in [0.05, 0.1) is 0 Å². The zero-order valence-electron chi connectivity index (χ0n) is 8.26. The minimum Gasteiger partial charge on any atom is -0.351 e. The van der Waals surface area contributed by atoms with Gasteiger partial charge in [-0.15, -0.1) is 0 Å². The van der Waals surface area contributed by atoms with Crippen molar-refractivity contribution in [3.05, 3.63) is 0 Å². The number of hydrogen-bond acceptors (Lipinski definition) is 3. The molecule has 0 radical (unpaired) electrons. The molecule has 3 amide bonds. The summed E-state index contributed by atoms with van der Waals surface area (Å²) in [6, 6.07) is -1.13. The Kier molecular flexibility index (Phi) is 3.87. The first-order chi connectivity index (χ1) is 5.73. The van der Waals surface area contributed by atoms with Crippen molar-refractivity contribution in [1.82, 2.24) is 5.32 Å². The summed E-state index contributed by atoms with van der Waals surface area (Å²) in [4.78, 5) is 21.3. The van der Waals surface area contributed by atoms with E-state index in [2.05, 4.69) is 0 Å². The van der Waals surface area contributed by atoms with E-state index in [1.54, 1.807) is 0 Å². The van der Waals surface area contributed by atoms with Gasteiger partial charge in [0.15, 0.2) is 0 Å². The predicted octanol–water partition coefficient (Wildman–Crippen LogP) is -0.0552. The van der Waals surface area contributed by atoms with Gasteiger partial charge >= 0.3 is 6.03 Å². The van der Waals surface area contributed by atoms with E-state index in [1.165, 1.54) is 0 Å². The Hall–Kier alpha value is -1.10. The fourth-order valence-corrected chi connectivity index (χ4v) is 0.694. The molecule has 1 unspecified atom stereocenters. The molecule has 0 heterocycles. The monoisotopic (exact) mass is 187 g/mol. The van der Waals surface area contributed by atoms with Crippen LogP contribution in [-0.2, 0) is 4.79 Å². The molecule has 0 aliphatic carbocycles. The minimum absolute atomic E-state index is 0.104. The topological polar surface area (TPSA) is 98.2 Å². The van der Waals surface area contributed by atoms with Crippen LogP contribution in [0.3, 0.4) is 0 Å². The average Bonchev–Trinajstić information content (AvgIpc) is 1.82. The van der Waals surface area contributed by atoms with Crippen molar-refractivity contribution in [3.63, 3.8) is 0 Å². The van der Waals surface area contributed by atoms with Crippen LogP contribution in [0.5, 0.6) is 0 Å². The highest BCUT2D eigenvalue weighted by molar-refractivity contribution is 5.93. The molecule has 76 valence electrons. The third-order valence-electron chi connectivity index (χ3n) is 1.78. The number of rotatable bonds is 2. The molecule has 0 spiro atoms. The Morgan fingerprint density at radius 2 is 1.85 bits per heavy atom. The average molecular weight is 187 g/mol. The highest BCUT2D eigenvalue weighted by Gasteiger charge is 2.23. The summed E-state index contributed by atoms with van der Waals surface area (Å²) in [5.74, 6) is -0.435. The van der Waals surface area contributed by atoms with E-state index in [-0.39, 0.29) is 17.9 Å². The first kappa shape index (κ1) is 11.9. The molecule has 5 nitrogen and oxygen atoms in total. The van der Waals surface area contributed by atoms with E-state index in [9.17, 15) is 9.59 Å². The van der Waals surface area contributed by atoms with Gasteiger partial charge in [-0.1, -0.05) is 20.8 Å². The zero-order chi connectivity index (χ0) is 10.6. The third-order valence-corrected chi connectivity index (χ3v) is 1.78. The summed E-state index contributed by atoms with van der Waals surface area (Å²) < 4.78 is 0. The molecule has 0 aromatic rings. The SMILES string of the molecule is CC(C)(C)C(N)CC(=O)NC(N)=O. The van der Waals surface area contributed by atoms with Crippen LogP contribution in [-0.4, -0.2) is 18.0 Å². The minimum atomic E-state index is -0.842. The van der Waals surface area contributed by atoms with Crippen molar-refractivity contribution in [2.45, 2.75) is 33.2 Å². The Labute approximate surface area is 77.8 Å². The highest BCUT2D eigenvalue weighted by Crippen LogP contribution is 2.19. The van der Waals surface area contributed by atoms with Gasteiger partial charge in [0.25, 0.3) is 0 Å². The summed E-state index contributed by atoms with van der Waals surface area (Å²) in [7, 11) is 0. The molecule has 1 atom stereocenters. The Morgan fingerprint density at radius 1 is 1.38 bits per heavy atom. The van der Waals surface area contributed by atoms with Crippen molar-refractivity contribution in [3.8, 4) is 0 Å². The molecule has 0 rings (SSSR count). The van der Waals surface area contributed by atoms with Gasteiger partial charge in [-0.2, -0.15) is 0 Å². The number of carbonyl (C=O) groups excluding carboxylic acids is 2. The fraction of sp³-hybridized carbons (Fsp3) is 0.750. The largest absolute Gasteiger partial charge is 0.351 e. The Balaban J connectivity index is 4.00. The van der Waals surface area contributed by atoms with Crippen molar-refractivity contribution < 1.29 is 9.59 Å². The first-order valence-corrected chi connectivity index (χ1v) is 4.08. The van der Waals surface area contributed by atoms with Crippen molar-refractivity contribution >= 4 is 11.9 Å². The number of hydrogen-bond donors (Lipinski definition) is 3. The zero-order valence-corrected chi connectivity index (χ0v) is 8.26. The van der Waals surface area contributed by atoms with Crippen molar-refractivity contribution in [2.24, 2.45) is 16.9 Å². The van der Waals surface area contributed by atoms with Gasteiger partial charge < -0.3 is 11.5 Å². The maximum absolute atomic E-state index is 11.0. The lowest BCUT2D eigenvalue weighted by atomic mass is 9.85. The van der Waals surface area contributed by atoms with Crippen LogP contribution in [0.2, 0.25) is 0 Å². The number of nitrogens with one attached hydrogen (secondary N) is 1. The summed E-state index contributed by atoms with van der Waals surface area (Å²) in [6.45, 7) is 5.78. The van der Waals surface area contributed by atoms with Gasteiger partial charge in [-0.05, 0) is 5.41 Å². The number of primary amides is 1. The second-order valence-corrected chi connectivity index (χ2v) is 4.09. The standard InChI is InChI=1S/C8H17N3O2/c1-8(2,3)5(9)4-6(12)11-7(10)13/h5H,4,9H2,1-3H3,(H3,10,11,12,13). The third kappa shape index (κ3) is 5.19. The Morgan fingerprint density at radius 3 is 2.15 bits per heavy atom. The number of amides is 3. The van der Waals surface area contributed by atoms with Crippen LogP contribution in [0.25, 0.3) is 0 Å². The predicted molar refractivity (Wildman–Crippen MR) is 49.8 cm³/mol. The summed E-state index contributed by atoms with van der Waals surface area (Å²) >= 11 is 0. The van der Waals surface area contributed by atoms with Crippen molar-refractivity contribution in [1.29, 1.82) is 0 Å². The van der Waals surface area contributed by atoms with Crippen LogP contribution < -0.4 is 16.8 Å². The lowest BCUT2D eigenvalue weighted by Gasteiger charge is -2.26. The maximum Gasteiger partial charge on any atom is 0.318 e.